The lowest BCUT2D eigenvalue weighted by Gasteiger charge is -2.33. The third-order valence-electron chi connectivity index (χ3n) is 5.87. The predicted molar refractivity (Wildman–Crippen MR) is 148 cm³/mol. The molecule has 7 nitrogen and oxygen atoms in total. The predicted octanol–water partition coefficient (Wildman–Crippen LogP) is 4.45. The quantitative estimate of drug-likeness (QED) is 0.396. The van der Waals surface area contributed by atoms with Gasteiger partial charge in [0, 0.05) is 20.0 Å². The maximum atomic E-state index is 13.9. The molecule has 0 bridgehead atoms. The van der Waals surface area contributed by atoms with Gasteiger partial charge in [-0.3, -0.25) is 13.9 Å². The first kappa shape index (κ1) is 28.5. The van der Waals surface area contributed by atoms with Crippen molar-refractivity contribution in [3.05, 3.63) is 99.5 Å². The Morgan fingerprint density at radius 1 is 0.919 bits per heavy atom. The number of amides is 2. The number of nitrogens with zero attached hydrogens (tertiary/aromatic N) is 2. The number of aryl methyl sites for hydroxylation is 1. The molecule has 0 aliphatic heterocycles. The minimum Gasteiger partial charge on any atom is -0.357 e. The van der Waals surface area contributed by atoms with E-state index < -0.39 is 28.5 Å². The van der Waals surface area contributed by atoms with Crippen molar-refractivity contribution in [1.29, 1.82) is 0 Å². The zero-order valence-corrected chi connectivity index (χ0v) is 23.1. The zero-order chi connectivity index (χ0) is 27.2. The van der Waals surface area contributed by atoms with Gasteiger partial charge in [0.2, 0.25) is 21.8 Å². The summed E-state index contributed by atoms with van der Waals surface area (Å²) in [7, 11) is -2.43. The number of hydrogen-bond acceptors (Lipinski definition) is 4. The SMILES string of the molecule is CNC(=O)[C@H](Cc1ccccc1)N(Cc1ccc(C)cc1)C(=O)CN(c1cccc(Cl)c1Cl)S(C)(=O)=O. The molecule has 0 spiro atoms. The Morgan fingerprint density at radius 3 is 2.16 bits per heavy atom. The van der Waals surface area contributed by atoms with Crippen LogP contribution in [-0.2, 0) is 32.6 Å². The average molecular weight is 563 g/mol. The smallest absolute Gasteiger partial charge is 0.244 e. The van der Waals surface area contributed by atoms with E-state index in [1.54, 1.807) is 6.07 Å². The van der Waals surface area contributed by atoms with Crippen LogP contribution in [0.3, 0.4) is 0 Å². The second-order valence-corrected chi connectivity index (χ2v) is 11.4. The molecule has 0 saturated heterocycles. The number of rotatable bonds is 10. The zero-order valence-electron chi connectivity index (χ0n) is 20.8. The second kappa shape index (κ2) is 12.4. The Morgan fingerprint density at radius 2 is 1.57 bits per heavy atom. The maximum absolute atomic E-state index is 13.9. The fourth-order valence-corrected chi connectivity index (χ4v) is 5.19. The summed E-state index contributed by atoms with van der Waals surface area (Å²) in [6.45, 7) is 1.49. The summed E-state index contributed by atoms with van der Waals surface area (Å²) < 4.78 is 26.5. The van der Waals surface area contributed by atoms with Crippen LogP contribution >= 0.6 is 23.2 Å². The number of hydrogen-bond donors (Lipinski definition) is 1. The molecule has 0 aliphatic rings. The van der Waals surface area contributed by atoms with E-state index in [2.05, 4.69) is 5.32 Å². The van der Waals surface area contributed by atoms with Crippen molar-refractivity contribution in [2.75, 3.05) is 24.2 Å². The topological polar surface area (TPSA) is 86.8 Å². The lowest BCUT2D eigenvalue weighted by molar-refractivity contribution is -0.139. The Balaban J connectivity index is 2.05. The Bertz CT molecular complexity index is 1350. The van der Waals surface area contributed by atoms with Crippen LogP contribution in [0.4, 0.5) is 5.69 Å². The number of sulfonamides is 1. The molecule has 3 aromatic rings. The highest BCUT2D eigenvalue weighted by Crippen LogP contribution is 2.33. The van der Waals surface area contributed by atoms with Gasteiger partial charge in [0.25, 0.3) is 0 Å². The fraction of sp³-hybridized carbons (Fsp3) is 0.259. The summed E-state index contributed by atoms with van der Waals surface area (Å²) in [6, 6.07) is 20.6. The van der Waals surface area contributed by atoms with Gasteiger partial charge < -0.3 is 10.2 Å². The highest BCUT2D eigenvalue weighted by molar-refractivity contribution is 7.92. The van der Waals surface area contributed by atoms with Gasteiger partial charge >= 0.3 is 0 Å². The summed E-state index contributed by atoms with van der Waals surface area (Å²) in [6.07, 6.45) is 1.23. The molecule has 37 heavy (non-hydrogen) atoms. The monoisotopic (exact) mass is 561 g/mol. The molecule has 0 aliphatic carbocycles. The molecule has 10 heteroatoms. The van der Waals surface area contributed by atoms with E-state index in [9.17, 15) is 18.0 Å². The first-order valence-corrected chi connectivity index (χ1v) is 14.1. The van der Waals surface area contributed by atoms with E-state index >= 15 is 0 Å². The molecular weight excluding hydrogens is 533 g/mol. The maximum Gasteiger partial charge on any atom is 0.244 e. The summed E-state index contributed by atoms with van der Waals surface area (Å²) in [5.74, 6) is -0.928. The fourth-order valence-electron chi connectivity index (χ4n) is 3.89. The van der Waals surface area contributed by atoms with E-state index in [-0.39, 0.29) is 34.6 Å². The number of anilines is 1. The Labute approximate surface area is 228 Å². The molecule has 2 amide bonds. The number of likely N-dealkylation sites (N-methyl/N-ethyl adjacent to an activating group) is 1. The Kier molecular flexibility index (Phi) is 9.59. The normalized spacial score (nSPS) is 12.0. The van der Waals surface area contributed by atoms with Gasteiger partial charge in [0.15, 0.2) is 0 Å². The van der Waals surface area contributed by atoms with Crippen molar-refractivity contribution in [2.45, 2.75) is 25.9 Å². The minimum atomic E-state index is -3.93. The molecule has 0 heterocycles. The van der Waals surface area contributed by atoms with Crippen LogP contribution in [0.1, 0.15) is 16.7 Å². The van der Waals surface area contributed by atoms with Gasteiger partial charge in [-0.2, -0.15) is 0 Å². The third-order valence-corrected chi connectivity index (χ3v) is 7.81. The van der Waals surface area contributed by atoms with Crippen LogP contribution in [0, 0.1) is 6.92 Å². The van der Waals surface area contributed by atoms with Crippen LogP contribution < -0.4 is 9.62 Å². The third kappa shape index (κ3) is 7.47. The van der Waals surface area contributed by atoms with Crippen LogP contribution in [0.2, 0.25) is 10.0 Å². The summed E-state index contributed by atoms with van der Waals surface area (Å²) in [4.78, 5) is 28.3. The van der Waals surface area contributed by atoms with Crippen molar-refractivity contribution in [1.82, 2.24) is 10.2 Å². The van der Waals surface area contributed by atoms with E-state index in [4.69, 9.17) is 23.2 Å². The van der Waals surface area contributed by atoms with Gasteiger partial charge in [-0.1, -0.05) is 89.4 Å². The highest BCUT2D eigenvalue weighted by Gasteiger charge is 2.33. The summed E-state index contributed by atoms with van der Waals surface area (Å²) >= 11 is 12.4. The summed E-state index contributed by atoms with van der Waals surface area (Å²) in [5.41, 5.74) is 2.79. The lowest BCUT2D eigenvalue weighted by Crippen LogP contribution is -2.52. The number of carbonyl (C=O) groups excluding carboxylic acids is 2. The number of halogens is 2. The molecule has 1 N–H and O–H groups in total. The van der Waals surface area contributed by atoms with Gasteiger partial charge in [0.1, 0.15) is 12.6 Å². The second-order valence-electron chi connectivity index (χ2n) is 8.67. The summed E-state index contributed by atoms with van der Waals surface area (Å²) in [5, 5.41) is 2.81. The molecule has 0 saturated carbocycles. The molecule has 0 unspecified atom stereocenters. The largest absolute Gasteiger partial charge is 0.357 e. The molecule has 3 rings (SSSR count). The van der Waals surface area contributed by atoms with Crippen LogP contribution in [0.5, 0.6) is 0 Å². The molecule has 0 fully saturated rings. The highest BCUT2D eigenvalue weighted by atomic mass is 35.5. The first-order chi connectivity index (χ1) is 17.5. The van der Waals surface area contributed by atoms with Crippen LogP contribution in [-0.4, -0.2) is 51.0 Å². The van der Waals surface area contributed by atoms with E-state index in [0.717, 1.165) is 27.3 Å². The van der Waals surface area contributed by atoms with Crippen molar-refractivity contribution in [3.8, 4) is 0 Å². The molecule has 0 radical (unpaired) electrons. The van der Waals surface area contributed by atoms with Gasteiger partial charge in [-0.25, -0.2) is 8.42 Å². The van der Waals surface area contributed by atoms with Crippen molar-refractivity contribution < 1.29 is 18.0 Å². The van der Waals surface area contributed by atoms with Gasteiger partial charge in [-0.05, 0) is 30.2 Å². The van der Waals surface area contributed by atoms with Crippen LogP contribution in [0.25, 0.3) is 0 Å². The molecule has 196 valence electrons. The van der Waals surface area contributed by atoms with Crippen molar-refractivity contribution in [3.63, 3.8) is 0 Å². The van der Waals surface area contributed by atoms with Crippen LogP contribution in [0.15, 0.2) is 72.8 Å². The molecule has 0 aromatic heterocycles. The minimum absolute atomic E-state index is 0.0135. The van der Waals surface area contributed by atoms with E-state index in [1.165, 1.54) is 24.1 Å². The first-order valence-electron chi connectivity index (χ1n) is 11.5. The Hall–Kier alpha value is -3.07. The number of carbonyl (C=O) groups is 2. The molecule has 1 atom stereocenters. The van der Waals surface area contributed by atoms with E-state index in [0.29, 0.717) is 0 Å². The molecule has 3 aromatic carbocycles. The van der Waals surface area contributed by atoms with Crippen molar-refractivity contribution >= 4 is 50.7 Å². The van der Waals surface area contributed by atoms with Gasteiger partial charge in [-0.15, -0.1) is 0 Å². The number of nitrogens with one attached hydrogen (secondary N) is 1. The average Bonchev–Trinajstić information content (AvgIpc) is 2.87. The van der Waals surface area contributed by atoms with Crippen molar-refractivity contribution in [2.24, 2.45) is 0 Å². The van der Waals surface area contributed by atoms with E-state index in [1.807, 2.05) is 61.5 Å². The molecular formula is C27H29Cl2N3O4S. The lowest BCUT2D eigenvalue weighted by atomic mass is 10.0. The van der Waals surface area contributed by atoms with Gasteiger partial charge in [0.05, 0.1) is 22.0 Å². The standard InChI is InChI=1S/C27H29Cl2N3O4S/c1-19-12-14-21(15-13-19)17-31(24(27(34)30-2)16-20-8-5-4-6-9-20)25(33)18-32(37(3,35)36)23-11-7-10-22(28)26(23)29/h4-15,24H,16-18H2,1-3H3,(H,30,34)/t24-/m0/s1. The number of benzene rings is 3.